The predicted octanol–water partition coefficient (Wildman–Crippen LogP) is 2.43. The summed E-state index contributed by atoms with van der Waals surface area (Å²) in [6.07, 6.45) is 3.15. The van der Waals surface area contributed by atoms with Crippen molar-refractivity contribution >= 4 is 17.9 Å². The molecule has 0 atom stereocenters. The first-order valence-corrected chi connectivity index (χ1v) is 4.84. The minimum Gasteiger partial charge on any atom is -0.452 e. The van der Waals surface area contributed by atoms with Crippen LogP contribution in [0.5, 0.6) is 0 Å². The Morgan fingerprint density at radius 2 is 2.06 bits per heavy atom. The number of nitrogens with zero attached hydrogens (tertiary/aromatic N) is 1. The Morgan fingerprint density at radius 1 is 1.38 bits per heavy atom. The van der Waals surface area contributed by atoms with Crippen LogP contribution in [0.15, 0.2) is 41.5 Å². The van der Waals surface area contributed by atoms with Gasteiger partial charge in [0, 0.05) is 0 Å². The molecule has 0 aliphatic carbocycles. The third-order valence-electron chi connectivity index (χ3n) is 1.83. The molecule has 1 aromatic carbocycles. The molecule has 0 spiro atoms. The number of carbonyl (C=O) groups excluding carboxylic acids is 1. The number of allylic oxidation sites excluding steroid dienone is 1. The lowest BCUT2D eigenvalue weighted by molar-refractivity contribution is 0.171. The zero-order chi connectivity index (χ0) is 11.8. The lowest BCUT2D eigenvalue weighted by Gasteiger charge is -1.97. The quantitative estimate of drug-likeness (QED) is 0.625. The molecule has 0 unspecified atom stereocenters. The van der Waals surface area contributed by atoms with Crippen LogP contribution in [-0.2, 0) is 4.74 Å². The van der Waals surface area contributed by atoms with Gasteiger partial charge in [0.25, 0.3) is 0 Å². The topological polar surface area (TPSA) is 50.7 Å². The molecule has 0 aliphatic heterocycles. The maximum absolute atomic E-state index is 10.7. The summed E-state index contributed by atoms with van der Waals surface area (Å²) < 4.78 is 4.38. The Bertz CT molecular complexity index is 397. The van der Waals surface area contributed by atoms with E-state index < -0.39 is 6.09 Å². The molecule has 0 bridgehead atoms. The molecule has 0 heterocycles. The highest BCUT2D eigenvalue weighted by Crippen LogP contribution is 2.00. The van der Waals surface area contributed by atoms with E-state index in [1.165, 1.54) is 7.11 Å². The zero-order valence-corrected chi connectivity index (χ0v) is 9.31. The average molecular weight is 218 g/mol. The average Bonchev–Trinajstić information content (AvgIpc) is 2.34. The van der Waals surface area contributed by atoms with Crippen LogP contribution >= 0.6 is 0 Å². The van der Waals surface area contributed by atoms with E-state index >= 15 is 0 Å². The lowest BCUT2D eigenvalue weighted by Crippen LogP contribution is -2.17. The lowest BCUT2D eigenvalue weighted by atomic mass is 10.2. The molecule has 1 N–H and O–H groups in total. The standard InChI is InChI=1S/C12H14N2O2/c1-10(13-14-12(15)16-2)8-9-11-6-4-3-5-7-11/h3-9H,1-2H3,(H,14,15)/b9-8+,13-10+. The summed E-state index contributed by atoms with van der Waals surface area (Å²) in [7, 11) is 1.29. The van der Waals surface area contributed by atoms with Crippen molar-refractivity contribution in [1.82, 2.24) is 5.43 Å². The summed E-state index contributed by atoms with van der Waals surface area (Å²) in [4.78, 5) is 10.7. The van der Waals surface area contributed by atoms with Gasteiger partial charge in [-0.2, -0.15) is 5.10 Å². The van der Waals surface area contributed by atoms with E-state index in [4.69, 9.17) is 0 Å². The number of rotatable bonds is 3. The van der Waals surface area contributed by atoms with Crippen LogP contribution in [0.3, 0.4) is 0 Å². The SMILES string of the molecule is COC(=O)N/N=C(C)/C=C/c1ccccc1. The number of methoxy groups -OCH3 is 1. The highest BCUT2D eigenvalue weighted by atomic mass is 16.5. The third-order valence-corrected chi connectivity index (χ3v) is 1.83. The van der Waals surface area contributed by atoms with Gasteiger partial charge in [0.1, 0.15) is 0 Å². The molecule has 1 rings (SSSR count). The van der Waals surface area contributed by atoms with E-state index in [0.717, 1.165) is 5.56 Å². The van der Waals surface area contributed by atoms with Crippen molar-refractivity contribution in [1.29, 1.82) is 0 Å². The Balaban J connectivity index is 2.54. The van der Waals surface area contributed by atoms with Crippen molar-refractivity contribution in [2.75, 3.05) is 7.11 Å². The van der Waals surface area contributed by atoms with Gasteiger partial charge in [-0.15, -0.1) is 0 Å². The Kier molecular flexibility index (Phi) is 4.79. The Morgan fingerprint density at radius 3 is 2.69 bits per heavy atom. The van der Waals surface area contributed by atoms with Crippen LogP contribution in [0.4, 0.5) is 4.79 Å². The van der Waals surface area contributed by atoms with Crippen LogP contribution in [0.2, 0.25) is 0 Å². The van der Waals surface area contributed by atoms with Crippen molar-refractivity contribution in [3.8, 4) is 0 Å². The van der Waals surface area contributed by atoms with Gasteiger partial charge >= 0.3 is 6.09 Å². The molecule has 1 aromatic rings. The fourth-order valence-electron chi connectivity index (χ4n) is 0.998. The second kappa shape index (κ2) is 6.40. The largest absolute Gasteiger partial charge is 0.452 e. The summed E-state index contributed by atoms with van der Waals surface area (Å²) in [6, 6.07) is 9.84. The maximum Gasteiger partial charge on any atom is 0.427 e. The second-order valence-corrected chi connectivity index (χ2v) is 3.10. The molecule has 84 valence electrons. The third kappa shape index (κ3) is 4.41. The minimum absolute atomic E-state index is 0.576. The van der Waals surface area contributed by atoms with Gasteiger partial charge in [0.15, 0.2) is 0 Å². The molecular weight excluding hydrogens is 204 g/mol. The second-order valence-electron chi connectivity index (χ2n) is 3.10. The van der Waals surface area contributed by atoms with E-state index in [-0.39, 0.29) is 0 Å². The summed E-state index contributed by atoms with van der Waals surface area (Å²) >= 11 is 0. The fraction of sp³-hybridized carbons (Fsp3) is 0.167. The normalized spacial score (nSPS) is 11.5. The monoisotopic (exact) mass is 218 g/mol. The number of ether oxygens (including phenoxy) is 1. The van der Waals surface area contributed by atoms with Gasteiger partial charge in [0.2, 0.25) is 0 Å². The number of carbonyl (C=O) groups is 1. The van der Waals surface area contributed by atoms with Crippen molar-refractivity contribution < 1.29 is 9.53 Å². The van der Waals surface area contributed by atoms with Gasteiger partial charge < -0.3 is 4.74 Å². The summed E-state index contributed by atoms with van der Waals surface area (Å²) in [5.41, 5.74) is 4.01. The summed E-state index contributed by atoms with van der Waals surface area (Å²) in [6.45, 7) is 1.79. The first-order valence-electron chi connectivity index (χ1n) is 4.84. The maximum atomic E-state index is 10.7. The van der Waals surface area contributed by atoms with Crippen LogP contribution in [0.25, 0.3) is 6.08 Å². The van der Waals surface area contributed by atoms with Crippen LogP contribution in [0, 0.1) is 0 Å². The molecule has 1 amide bonds. The van der Waals surface area contributed by atoms with Gasteiger partial charge in [-0.1, -0.05) is 36.4 Å². The number of nitrogens with one attached hydrogen (secondary N) is 1. The molecular formula is C12H14N2O2. The first-order chi connectivity index (χ1) is 7.72. The number of benzene rings is 1. The highest BCUT2D eigenvalue weighted by molar-refractivity contribution is 5.96. The molecule has 0 saturated heterocycles. The molecule has 4 nitrogen and oxygen atoms in total. The van der Waals surface area contributed by atoms with Gasteiger partial charge in [-0.25, -0.2) is 10.2 Å². The van der Waals surface area contributed by atoms with E-state index in [1.54, 1.807) is 6.92 Å². The molecule has 0 aliphatic rings. The van der Waals surface area contributed by atoms with Gasteiger partial charge in [0.05, 0.1) is 12.8 Å². The van der Waals surface area contributed by atoms with Gasteiger partial charge in [-0.05, 0) is 18.6 Å². The predicted molar refractivity (Wildman–Crippen MR) is 64.1 cm³/mol. The molecule has 0 fully saturated rings. The van der Waals surface area contributed by atoms with Crippen LogP contribution in [-0.4, -0.2) is 18.9 Å². The van der Waals surface area contributed by atoms with E-state index in [0.29, 0.717) is 5.71 Å². The Hall–Kier alpha value is -2.10. The molecule has 0 aromatic heterocycles. The van der Waals surface area contributed by atoms with E-state index in [2.05, 4.69) is 15.3 Å². The first kappa shape index (κ1) is 12.0. The van der Waals surface area contributed by atoms with Crippen molar-refractivity contribution in [3.05, 3.63) is 42.0 Å². The summed E-state index contributed by atoms with van der Waals surface area (Å²) in [5.74, 6) is 0. The highest BCUT2D eigenvalue weighted by Gasteiger charge is 1.93. The van der Waals surface area contributed by atoms with Gasteiger partial charge in [-0.3, -0.25) is 0 Å². The molecule has 0 saturated carbocycles. The van der Waals surface area contributed by atoms with Crippen LogP contribution < -0.4 is 5.43 Å². The van der Waals surface area contributed by atoms with E-state index in [9.17, 15) is 4.79 Å². The smallest absolute Gasteiger partial charge is 0.427 e. The fourth-order valence-corrected chi connectivity index (χ4v) is 0.998. The van der Waals surface area contributed by atoms with Crippen molar-refractivity contribution in [2.45, 2.75) is 6.92 Å². The number of hydrogen-bond donors (Lipinski definition) is 1. The number of amides is 1. The van der Waals surface area contributed by atoms with Crippen LogP contribution in [0.1, 0.15) is 12.5 Å². The zero-order valence-electron chi connectivity index (χ0n) is 9.31. The Labute approximate surface area is 94.6 Å². The van der Waals surface area contributed by atoms with E-state index in [1.807, 2.05) is 42.5 Å². The molecule has 16 heavy (non-hydrogen) atoms. The van der Waals surface area contributed by atoms with Crippen molar-refractivity contribution in [2.24, 2.45) is 5.10 Å². The minimum atomic E-state index is -0.576. The molecule has 0 radical (unpaired) electrons. The number of hydrazone groups is 1. The number of hydrogen-bond acceptors (Lipinski definition) is 3. The van der Waals surface area contributed by atoms with Crippen molar-refractivity contribution in [3.63, 3.8) is 0 Å². The summed E-state index contributed by atoms with van der Waals surface area (Å²) in [5, 5.41) is 3.82. The molecule has 4 heteroatoms.